The van der Waals surface area contributed by atoms with E-state index >= 15 is 0 Å². The van der Waals surface area contributed by atoms with E-state index < -0.39 is 6.10 Å². The maximum atomic E-state index is 9.77. The largest absolute Gasteiger partial charge is 0.389 e. The summed E-state index contributed by atoms with van der Waals surface area (Å²) in [5.41, 5.74) is 1.10. The van der Waals surface area contributed by atoms with Crippen LogP contribution < -0.4 is 0 Å². The molecule has 1 rings (SSSR count). The Labute approximate surface area is 114 Å². The van der Waals surface area contributed by atoms with Crippen molar-refractivity contribution in [3.63, 3.8) is 0 Å². The second-order valence-corrected chi connectivity index (χ2v) is 4.90. The maximum absolute atomic E-state index is 9.77. The molecule has 1 atom stereocenters. The Balaban J connectivity index is 2.17. The minimum absolute atomic E-state index is 0.313. The molecule has 0 aliphatic rings. The molecule has 0 saturated heterocycles. The normalized spacial score (nSPS) is 12.7. The minimum Gasteiger partial charge on any atom is -0.389 e. The topological polar surface area (TPSA) is 32.7 Å². The number of hydrogen-bond acceptors (Lipinski definition) is 3. The van der Waals surface area contributed by atoms with Gasteiger partial charge in [-0.25, -0.2) is 0 Å². The second-order valence-electron chi connectivity index (χ2n) is 4.37. The summed E-state index contributed by atoms with van der Waals surface area (Å²) >= 11 is 5.69. The van der Waals surface area contributed by atoms with Gasteiger partial charge in [-0.1, -0.05) is 48.5 Å². The summed E-state index contributed by atoms with van der Waals surface area (Å²) in [6.45, 7) is 5.53. The molecule has 0 amide bonds. The Bertz CT molecular complexity index is 356. The first-order valence-electron chi connectivity index (χ1n) is 5.89. The van der Waals surface area contributed by atoms with Crippen LogP contribution in [0.25, 0.3) is 0 Å². The molecule has 0 radical (unpaired) electrons. The summed E-state index contributed by atoms with van der Waals surface area (Å²) in [7, 11) is 1.88. The molecule has 0 heterocycles. The molecule has 0 fully saturated rings. The molecule has 1 aromatic carbocycles. The van der Waals surface area contributed by atoms with Crippen molar-refractivity contribution in [3.05, 3.63) is 47.5 Å². The smallest absolute Gasteiger partial charge is 0.0900 e. The molecule has 1 aromatic rings. The van der Waals surface area contributed by atoms with Crippen molar-refractivity contribution in [2.24, 2.45) is 0 Å². The predicted molar refractivity (Wildman–Crippen MR) is 74.6 cm³/mol. The monoisotopic (exact) mass is 269 g/mol. The van der Waals surface area contributed by atoms with E-state index in [-0.39, 0.29) is 0 Å². The van der Waals surface area contributed by atoms with E-state index in [1.807, 2.05) is 42.3 Å². The number of halogens is 1. The van der Waals surface area contributed by atoms with E-state index in [0.29, 0.717) is 31.3 Å². The van der Waals surface area contributed by atoms with E-state index in [1.54, 1.807) is 0 Å². The Morgan fingerprint density at radius 1 is 1.44 bits per heavy atom. The van der Waals surface area contributed by atoms with Crippen LogP contribution in [-0.4, -0.2) is 42.9 Å². The Kier molecular flexibility index (Phi) is 6.98. The van der Waals surface area contributed by atoms with Gasteiger partial charge in [0.2, 0.25) is 0 Å². The summed E-state index contributed by atoms with van der Waals surface area (Å²) in [5.74, 6) is 0. The van der Waals surface area contributed by atoms with Crippen molar-refractivity contribution in [1.82, 2.24) is 4.90 Å². The molecule has 0 bridgehead atoms. The molecule has 0 aliphatic heterocycles. The molecule has 0 aromatic heterocycles. The van der Waals surface area contributed by atoms with E-state index in [2.05, 4.69) is 6.58 Å². The first kappa shape index (κ1) is 15.2. The summed E-state index contributed by atoms with van der Waals surface area (Å²) in [6, 6.07) is 9.89. The van der Waals surface area contributed by atoms with E-state index in [4.69, 9.17) is 16.3 Å². The third-order valence-electron chi connectivity index (χ3n) is 2.39. The predicted octanol–water partition coefficient (Wildman–Crippen LogP) is 2.25. The number of likely N-dealkylation sites (N-methyl/N-ethyl adjacent to an activating group) is 1. The van der Waals surface area contributed by atoms with Gasteiger partial charge in [-0.2, -0.15) is 0 Å². The lowest BCUT2D eigenvalue weighted by Crippen LogP contribution is -2.32. The van der Waals surface area contributed by atoms with Crippen molar-refractivity contribution >= 4 is 11.6 Å². The average Bonchev–Trinajstić information content (AvgIpc) is 2.29. The van der Waals surface area contributed by atoms with Crippen LogP contribution in [0.5, 0.6) is 0 Å². The Morgan fingerprint density at radius 3 is 2.72 bits per heavy atom. The molecule has 0 spiro atoms. The van der Waals surface area contributed by atoms with Gasteiger partial charge in [0, 0.05) is 18.1 Å². The number of rotatable bonds is 8. The van der Waals surface area contributed by atoms with Gasteiger partial charge < -0.3 is 9.84 Å². The van der Waals surface area contributed by atoms with Gasteiger partial charge in [0.25, 0.3) is 0 Å². The number of ether oxygens (including phenoxy) is 1. The fraction of sp³-hybridized carbons (Fsp3) is 0.429. The second kappa shape index (κ2) is 8.27. The van der Waals surface area contributed by atoms with Crippen molar-refractivity contribution in [1.29, 1.82) is 0 Å². The molecular formula is C14H20ClNO2. The maximum Gasteiger partial charge on any atom is 0.0900 e. The highest BCUT2D eigenvalue weighted by atomic mass is 35.5. The van der Waals surface area contributed by atoms with Crippen LogP contribution in [0.4, 0.5) is 0 Å². The number of aliphatic hydroxyl groups excluding tert-OH is 1. The summed E-state index contributed by atoms with van der Waals surface area (Å²) in [5, 5.41) is 10.3. The van der Waals surface area contributed by atoms with Gasteiger partial charge in [-0.05, 0) is 12.6 Å². The number of aliphatic hydroxyl groups is 1. The van der Waals surface area contributed by atoms with Crippen LogP contribution in [0, 0.1) is 0 Å². The number of nitrogens with zero attached hydrogens (tertiary/aromatic N) is 1. The fourth-order valence-electron chi connectivity index (χ4n) is 1.66. The molecule has 0 saturated carbocycles. The van der Waals surface area contributed by atoms with Gasteiger partial charge in [0.15, 0.2) is 0 Å². The molecule has 4 heteroatoms. The van der Waals surface area contributed by atoms with E-state index in [0.717, 1.165) is 5.56 Å². The lowest BCUT2D eigenvalue weighted by molar-refractivity contribution is 0.0150. The molecular weight excluding hydrogens is 250 g/mol. The Morgan fingerprint density at radius 2 is 2.11 bits per heavy atom. The van der Waals surface area contributed by atoms with Gasteiger partial charge in [-0.15, -0.1) is 0 Å². The zero-order valence-corrected chi connectivity index (χ0v) is 11.4. The third-order valence-corrected chi connectivity index (χ3v) is 2.51. The SMILES string of the molecule is C=C(Cl)CN(C)C[C@H](O)COCc1ccccc1. The van der Waals surface area contributed by atoms with Crippen LogP contribution in [0.2, 0.25) is 0 Å². The number of benzene rings is 1. The highest BCUT2D eigenvalue weighted by molar-refractivity contribution is 6.29. The molecule has 3 nitrogen and oxygen atoms in total. The minimum atomic E-state index is -0.519. The van der Waals surface area contributed by atoms with Crippen LogP contribution in [0.1, 0.15) is 5.56 Å². The first-order chi connectivity index (χ1) is 8.58. The molecule has 1 N–H and O–H groups in total. The van der Waals surface area contributed by atoms with Gasteiger partial charge >= 0.3 is 0 Å². The third kappa shape index (κ3) is 6.77. The highest BCUT2D eigenvalue weighted by Crippen LogP contribution is 2.03. The van der Waals surface area contributed by atoms with Gasteiger partial charge in [-0.3, -0.25) is 4.90 Å². The summed E-state index contributed by atoms with van der Waals surface area (Å²) < 4.78 is 5.46. The quantitative estimate of drug-likeness (QED) is 0.786. The van der Waals surface area contributed by atoms with Crippen molar-refractivity contribution in [2.75, 3.05) is 26.7 Å². The zero-order chi connectivity index (χ0) is 13.4. The van der Waals surface area contributed by atoms with Crippen molar-refractivity contribution < 1.29 is 9.84 Å². The number of hydrogen-bond donors (Lipinski definition) is 1. The van der Waals surface area contributed by atoms with Gasteiger partial charge in [0.05, 0.1) is 19.3 Å². The molecule has 18 heavy (non-hydrogen) atoms. The summed E-state index contributed by atoms with van der Waals surface area (Å²) in [6.07, 6.45) is -0.519. The lowest BCUT2D eigenvalue weighted by Gasteiger charge is -2.19. The fourth-order valence-corrected chi connectivity index (χ4v) is 1.86. The highest BCUT2D eigenvalue weighted by Gasteiger charge is 2.08. The molecule has 100 valence electrons. The van der Waals surface area contributed by atoms with Crippen molar-refractivity contribution in [3.8, 4) is 0 Å². The molecule has 0 unspecified atom stereocenters. The van der Waals surface area contributed by atoms with Crippen LogP contribution >= 0.6 is 11.6 Å². The lowest BCUT2D eigenvalue weighted by atomic mass is 10.2. The van der Waals surface area contributed by atoms with Crippen LogP contribution in [0.15, 0.2) is 41.9 Å². The first-order valence-corrected chi connectivity index (χ1v) is 6.27. The average molecular weight is 270 g/mol. The standard InChI is InChI=1S/C14H20ClNO2/c1-12(15)8-16(2)9-14(17)11-18-10-13-6-4-3-5-7-13/h3-7,14,17H,1,8-11H2,2H3/t14-/m0/s1. The van der Waals surface area contributed by atoms with E-state index in [1.165, 1.54) is 0 Å². The van der Waals surface area contributed by atoms with Gasteiger partial charge in [0.1, 0.15) is 0 Å². The van der Waals surface area contributed by atoms with Crippen LogP contribution in [-0.2, 0) is 11.3 Å². The summed E-state index contributed by atoms with van der Waals surface area (Å²) in [4.78, 5) is 1.91. The zero-order valence-electron chi connectivity index (χ0n) is 10.7. The van der Waals surface area contributed by atoms with Crippen molar-refractivity contribution in [2.45, 2.75) is 12.7 Å². The van der Waals surface area contributed by atoms with E-state index in [9.17, 15) is 5.11 Å². The Hall–Kier alpha value is -0.870. The van der Waals surface area contributed by atoms with Crippen LogP contribution in [0.3, 0.4) is 0 Å². The molecule has 0 aliphatic carbocycles.